The van der Waals surface area contributed by atoms with E-state index in [2.05, 4.69) is 46.5 Å². The molecule has 7 N–H and O–H groups in total. The van der Waals surface area contributed by atoms with Crippen LogP contribution in [0.4, 0.5) is 11.4 Å². The number of hydrogen-bond donors (Lipinski definition) is 7. The highest BCUT2D eigenvalue weighted by Crippen LogP contribution is 2.35. The molecule has 2 aromatic carbocycles. The third-order valence-electron chi connectivity index (χ3n) is 9.89. The van der Waals surface area contributed by atoms with Crippen LogP contribution in [0.3, 0.4) is 0 Å². The van der Waals surface area contributed by atoms with Crippen LogP contribution in [0.1, 0.15) is 60.2 Å². The Morgan fingerprint density at radius 3 is 1.77 bits per heavy atom. The lowest BCUT2D eigenvalue weighted by Crippen LogP contribution is -2.28. The molecule has 6 aromatic rings. The summed E-state index contributed by atoms with van der Waals surface area (Å²) in [6.45, 7) is 4.04. The number of benzene rings is 2. The van der Waals surface area contributed by atoms with E-state index in [1.54, 1.807) is 41.3 Å². The lowest BCUT2D eigenvalue weighted by Gasteiger charge is -2.18. The predicted molar refractivity (Wildman–Crippen MR) is 225 cm³/mol. The molecular weight excluding hydrogens is 885 g/mol. The summed E-state index contributed by atoms with van der Waals surface area (Å²) < 4.78 is 10.6. The van der Waals surface area contributed by atoms with Crippen molar-refractivity contribution in [2.45, 2.75) is 46.2 Å². The average molecular weight is 918 g/mol. The van der Waals surface area contributed by atoms with Gasteiger partial charge in [0, 0.05) is 55.0 Å². The number of aromatic amines is 2. The molecule has 0 atom stereocenters. The highest BCUT2D eigenvalue weighted by molar-refractivity contribution is 8.93. The van der Waals surface area contributed by atoms with Crippen LogP contribution in [0.5, 0.6) is 11.5 Å². The highest BCUT2D eigenvalue weighted by atomic mass is 79.9. The van der Waals surface area contributed by atoms with Crippen LogP contribution in [0, 0.1) is 0 Å². The van der Waals surface area contributed by atoms with Crippen molar-refractivity contribution in [3.05, 3.63) is 101 Å². The molecule has 0 spiro atoms. The van der Waals surface area contributed by atoms with Crippen molar-refractivity contribution in [3.8, 4) is 11.5 Å². The molecule has 4 aliphatic heterocycles. The molecule has 0 saturated carbocycles. The van der Waals surface area contributed by atoms with Gasteiger partial charge in [0.1, 0.15) is 21.2 Å². The number of carbonyl (C=O) groups is 5. The van der Waals surface area contributed by atoms with Gasteiger partial charge in [0.05, 0.1) is 28.7 Å². The summed E-state index contributed by atoms with van der Waals surface area (Å²) in [4.78, 5) is 103. The molecule has 0 aliphatic carbocycles. The van der Waals surface area contributed by atoms with E-state index in [-0.39, 0.29) is 78.2 Å². The topological polar surface area (TPSA) is 259 Å². The zero-order valence-corrected chi connectivity index (χ0v) is 34.7. The number of fused-ring (bicyclic) bond motifs is 8. The maximum atomic E-state index is 12.6. The Morgan fingerprint density at radius 1 is 0.717 bits per heavy atom. The first-order valence-corrected chi connectivity index (χ1v) is 19.8. The second-order valence-electron chi connectivity index (χ2n) is 13.9. The smallest absolute Gasteiger partial charge is 0.287 e. The SMILES string of the molecule is Br.CC(=O)N1Cc2sc3nc(C(=O)NCc4ccc5c(c4)NC(=O)CO5)[nH]c(=O)c3c2C1.O=C1COc2ccc(CNC(=O)c3nc4sc5c(c4c(=O)[nH]3)CNC5)cc2N1. The van der Waals surface area contributed by atoms with E-state index in [0.29, 0.717) is 62.9 Å². The Kier molecular flexibility index (Phi) is 10.9. The van der Waals surface area contributed by atoms with E-state index in [1.165, 1.54) is 29.6 Å². The predicted octanol–water partition coefficient (Wildman–Crippen LogP) is 2.53. The minimum Gasteiger partial charge on any atom is -0.482 e. The molecule has 60 heavy (non-hydrogen) atoms. The fraction of sp³-hybridized carbons (Fsp3) is 0.237. The van der Waals surface area contributed by atoms with E-state index in [9.17, 15) is 33.6 Å². The van der Waals surface area contributed by atoms with Gasteiger partial charge in [-0.3, -0.25) is 33.6 Å². The summed E-state index contributed by atoms with van der Waals surface area (Å²) in [5.41, 5.74) is 3.72. The number of hydrogen-bond acceptors (Lipinski definition) is 14. The number of nitrogens with zero attached hydrogens (tertiary/aromatic N) is 3. The largest absolute Gasteiger partial charge is 0.482 e. The van der Waals surface area contributed by atoms with Gasteiger partial charge in [0.25, 0.3) is 34.7 Å². The number of thiophene rings is 2. The first kappa shape index (κ1) is 40.3. The summed E-state index contributed by atoms with van der Waals surface area (Å²) >= 11 is 2.76. The molecule has 22 heteroatoms. The van der Waals surface area contributed by atoms with Crippen LogP contribution in [0.15, 0.2) is 46.0 Å². The lowest BCUT2D eigenvalue weighted by atomic mass is 10.1. The molecule has 308 valence electrons. The second kappa shape index (κ2) is 16.3. The maximum Gasteiger partial charge on any atom is 0.287 e. The van der Waals surface area contributed by atoms with Gasteiger partial charge < -0.3 is 50.9 Å². The minimum absolute atomic E-state index is 0. The van der Waals surface area contributed by atoms with Crippen LogP contribution in [0.2, 0.25) is 0 Å². The molecule has 0 saturated heterocycles. The van der Waals surface area contributed by atoms with Crippen molar-refractivity contribution in [2.75, 3.05) is 23.8 Å². The number of anilines is 2. The van der Waals surface area contributed by atoms with Crippen molar-refractivity contribution in [1.82, 2.24) is 40.8 Å². The molecule has 4 aliphatic rings. The van der Waals surface area contributed by atoms with Crippen LogP contribution in [0.25, 0.3) is 20.4 Å². The summed E-state index contributed by atoms with van der Waals surface area (Å²) in [5.74, 6) is -0.424. The van der Waals surface area contributed by atoms with Crippen LogP contribution >= 0.6 is 39.7 Å². The van der Waals surface area contributed by atoms with Gasteiger partial charge in [-0.05, 0) is 41.0 Å². The van der Waals surface area contributed by atoms with Crippen molar-refractivity contribution < 1.29 is 33.4 Å². The fourth-order valence-corrected chi connectivity index (χ4v) is 9.38. The number of ether oxygens (including phenoxy) is 2. The van der Waals surface area contributed by atoms with E-state index in [4.69, 9.17) is 9.47 Å². The van der Waals surface area contributed by atoms with E-state index in [1.807, 2.05) is 0 Å². The van der Waals surface area contributed by atoms with Gasteiger partial charge in [-0.2, -0.15) is 0 Å². The molecule has 0 bridgehead atoms. The minimum atomic E-state index is -0.518. The van der Waals surface area contributed by atoms with Gasteiger partial charge in [0.15, 0.2) is 13.2 Å². The van der Waals surface area contributed by atoms with Crippen LogP contribution < -0.4 is 47.2 Å². The Hall–Kier alpha value is -6.49. The monoisotopic (exact) mass is 916 g/mol. The first-order valence-electron chi connectivity index (χ1n) is 18.2. The Balaban J connectivity index is 0.000000164. The highest BCUT2D eigenvalue weighted by Gasteiger charge is 2.29. The number of halogens is 1. The molecule has 19 nitrogen and oxygen atoms in total. The van der Waals surface area contributed by atoms with Crippen molar-refractivity contribution in [1.29, 1.82) is 0 Å². The quantitative estimate of drug-likeness (QED) is 0.127. The molecule has 4 aromatic heterocycles. The molecular formula is C38H33BrN10O9S2. The Bertz CT molecular complexity index is 2920. The normalized spacial score (nSPS) is 14.5. The van der Waals surface area contributed by atoms with Gasteiger partial charge in [0.2, 0.25) is 17.6 Å². The Labute approximate surface area is 356 Å². The molecule has 10 rings (SSSR count). The lowest BCUT2D eigenvalue weighted by molar-refractivity contribution is -0.129. The van der Waals surface area contributed by atoms with Crippen LogP contribution in [-0.2, 0) is 53.7 Å². The summed E-state index contributed by atoms with van der Waals surface area (Å²) in [6.07, 6.45) is 0. The zero-order chi connectivity index (χ0) is 40.9. The molecule has 0 fully saturated rings. The number of carbonyl (C=O) groups excluding carboxylic acids is 5. The van der Waals surface area contributed by atoms with Gasteiger partial charge >= 0.3 is 0 Å². The number of rotatable bonds is 6. The fourth-order valence-electron chi connectivity index (χ4n) is 7.02. The molecule has 5 amide bonds. The molecule has 0 radical (unpaired) electrons. The summed E-state index contributed by atoms with van der Waals surface area (Å²) in [6, 6.07) is 10.5. The first-order chi connectivity index (χ1) is 28.5. The Morgan fingerprint density at radius 2 is 1.23 bits per heavy atom. The summed E-state index contributed by atoms with van der Waals surface area (Å²) in [5, 5.41) is 15.1. The zero-order valence-electron chi connectivity index (χ0n) is 31.4. The summed E-state index contributed by atoms with van der Waals surface area (Å²) in [7, 11) is 0. The third-order valence-corrected chi connectivity index (χ3v) is 12.1. The number of amides is 5. The van der Waals surface area contributed by atoms with Crippen molar-refractivity contribution >= 4 is 101 Å². The van der Waals surface area contributed by atoms with E-state index < -0.39 is 17.4 Å². The number of aromatic nitrogens is 4. The maximum absolute atomic E-state index is 12.6. The van der Waals surface area contributed by atoms with Gasteiger partial charge in [-0.25, -0.2) is 9.97 Å². The molecule has 8 heterocycles. The van der Waals surface area contributed by atoms with E-state index in [0.717, 1.165) is 38.6 Å². The average Bonchev–Trinajstić information content (AvgIpc) is 4.00. The second-order valence-corrected chi connectivity index (χ2v) is 16.0. The number of nitrogens with one attached hydrogen (secondary N) is 7. The van der Waals surface area contributed by atoms with Gasteiger partial charge in [-0.1, -0.05) is 12.1 Å². The standard InChI is InChI=1S/C20H17N5O5S.C18H15N5O4S.BrH/c1-9(26)25-6-11-14(7-25)31-20-16(11)18(28)23-17(24-20)19(29)21-5-10-2-3-13-12(4-10)22-15(27)8-30-13;24-13-7-27-11-2-1-8(3-10(11)21-13)4-20-17(26)15-22-16(25)14-9-5-19-6-12(9)28-18(14)23-15;/h2-4H,5-8H2,1H3,(H,21,29)(H,22,27)(H,23,24,28);1-3,19H,4-7H2,(H,20,26)(H,21,24)(H,22,23,25);1H. The van der Waals surface area contributed by atoms with E-state index >= 15 is 0 Å². The van der Waals surface area contributed by atoms with Crippen molar-refractivity contribution in [3.63, 3.8) is 0 Å². The third kappa shape index (κ3) is 7.84. The van der Waals surface area contributed by atoms with Gasteiger partial charge in [-0.15, -0.1) is 39.7 Å². The van der Waals surface area contributed by atoms with Crippen LogP contribution in [-0.4, -0.2) is 67.6 Å². The van der Waals surface area contributed by atoms with Crippen molar-refractivity contribution in [2.24, 2.45) is 0 Å². The number of H-pyrrole nitrogens is 2. The molecule has 0 unspecified atom stereocenters.